The molecule has 2 aromatic rings. The summed E-state index contributed by atoms with van der Waals surface area (Å²) in [5, 5.41) is 3.11. The van der Waals surface area contributed by atoms with Crippen LogP contribution >= 0.6 is 11.3 Å². The minimum atomic E-state index is 0.0765. The van der Waals surface area contributed by atoms with E-state index in [0.717, 1.165) is 35.1 Å². The summed E-state index contributed by atoms with van der Waals surface area (Å²) >= 11 is 1.64. The molecule has 1 aromatic heterocycles. The molecule has 1 saturated heterocycles. The molecule has 4 nitrogen and oxygen atoms in total. The molecule has 2 atom stereocenters. The Bertz CT molecular complexity index is 686. The molecule has 1 aromatic carbocycles. The van der Waals surface area contributed by atoms with Gasteiger partial charge in [-0.15, -0.1) is 11.3 Å². The van der Waals surface area contributed by atoms with Crippen molar-refractivity contribution in [3.8, 4) is 17.0 Å². The van der Waals surface area contributed by atoms with Crippen molar-refractivity contribution in [1.82, 2.24) is 9.88 Å². The van der Waals surface area contributed by atoms with Gasteiger partial charge in [0.05, 0.1) is 10.7 Å². The number of hydrogen-bond donors (Lipinski definition) is 0. The Morgan fingerprint density at radius 3 is 2.50 bits per heavy atom. The second kappa shape index (κ2) is 7.34. The van der Waals surface area contributed by atoms with Crippen molar-refractivity contribution in [3.63, 3.8) is 0 Å². The van der Waals surface area contributed by atoms with E-state index in [1.165, 1.54) is 6.42 Å². The van der Waals surface area contributed by atoms with Crippen molar-refractivity contribution in [2.75, 3.05) is 19.7 Å². The van der Waals surface area contributed by atoms with Gasteiger partial charge in [0, 0.05) is 24.0 Å². The first kappa shape index (κ1) is 17.0. The van der Waals surface area contributed by atoms with Gasteiger partial charge in [0.15, 0.2) is 6.61 Å². The van der Waals surface area contributed by atoms with Crippen molar-refractivity contribution >= 4 is 17.2 Å². The van der Waals surface area contributed by atoms with Gasteiger partial charge in [-0.05, 0) is 49.4 Å². The van der Waals surface area contributed by atoms with Gasteiger partial charge in [0.1, 0.15) is 5.75 Å². The van der Waals surface area contributed by atoms with Crippen LogP contribution in [0.25, 0.3) is 11.3 Å². The number of hydrogen-bond acceptors (Lipinski definition) is 4. The lowest BCUT2D eigenvalue weighted by molar-refractivity contribution is -0.136. The van der Waals surface area contributed by atoms with Gasteiger partial charge in [-0.3, -0.25) is 4.79 Å². The molecule has 128 valence electrons. The highest BCUT2D eigenvalue weighted by atomic mass is 32.1. The predicted molar refractivity (Wildman–Crippen MR) is 97.3 cm³/mol. The van der Waals surface area contributed by atoms with Crippen molar-refractivity contribution in [3.05, 3.63) is 34.7 Å². The molecule has 1 aliphatic heterocycles. The molecule has 2 unspecified atom stereocenters. The lowest BCUT2D eigenvalue weighted by Crippen LogP contribution is -2.44. The molecule has 5 heteroatoms. The summed E-state index contributed by atoms with van der Waals surface area (Å²) in [4.78, 5) is 18.8. The molecule has 0 radical (unpaired) electrons. The summed E-state index contributed by atoms with van der Waals surface area (Å²) in [7, 11) is 0. The van der Waals surface area contributed by atoms with E-state index in [2.05, 4.69) is 18.8 Å². The van der Waals surface area contributed by atoms with Crippen LogP contribution in [0, 0.1) is 18.8 Å². The number of amides is 1. The fourth-order valence-corrected chi connectivity index (χ4v) is 3.94. The lowest BCUT2D eigenvalue weighted by Gasteiger charge is -2.34. The van der Waals surface area contributed by atoms with E-state index in [1.54, 1.807) is 11.3 Å². The van der Waals surface area contributed by atoms with Crippen LogP contribution in [0.4, 0.5) is 0 Å². The van der Waals surface area contributed by atoms with E-state index in [1.807, 2.05) is 41.5 Å². The molecule has 1 amide bonds. The SMILES string of the molecule is Cc1nc(-c2ccc(OCC(=O)N3CC(C)CC(C)C3)cc2)cs1. The Hall–Kier alpha value is -1.88. The van der Waals surface area contributed by atoms with Crippen molar-refractivity contribution < 1.29 is 9.53 Å². The Labute approximate surface area is 147 Å². The molecule has 2 heterocycles. The molecular formula is C19H24N2O2S. The largest absolute Gasteiger partial charge is 0.484 e. The molecule has 0 N–H and O–H groups in total. The van der Waals surface area contributed by atoms with Gasteiger partial charge in [0.25, 0.3) is 5.91 Å². The molecule has 0 bridgehead atoms. The van der Waals surface area contributed by atoms with E-state index in [-0.39, 0.29) is 12.5 Å². The van der Waals surface area contributed by atoms with E-state index in [4.69, 9.17) is 4.74 Å². The number of nitrogens with zero attached hydrogens (tertiary/aromatic N) is 2. The van der Waals surface area contributed by atoms with Crippen LogP contribution < -0.4 is 4.74 Å². The molecule has 0 saturated carbocycles. The highest BCUT2D eigenvalue weighted by molar-refractivity contribution is 7.09. The van der Waals surface area contributed by atoms with Crippen LogP contribution in [0.3, 0.4) is 0 Å². The number of aryl methyl sites for hydroxylation is 1. The number of ether oxygens (including phenoxy) is 1. The first-order chi connectivity index (χ1) is 11.5. The molecular weight excluding hydrogens is 320 g/mol. The number of benzene rings is 1. The topological polar surface area (TPSA) is 42.4 Å². The molecule has 0 aliphatic carbocycles. The number of aromatic nitrogens is 1. The van der Waals surface area contributed by atoms with Gasteiger partial charge in [0.2, 0.25) is 0 Å². The maximum Gasteiger partial charge on any atom is 0.260 e. The Balaban J connectivity index is 1.55. The average molecular weight is 344 g/mol. The molecule has 1 fully saturated rings. The van der Waals surface area contributed by atoms with Crippen LogP contribution in [-0.4, -0.2) is 35.5 Å². The van der Waals surface area contributed by atoms with Crippen LogP contribution in [0.5, 0.6) is 5.75 Å². The number of likely N-dealkylation sites (tertiary alicyclic amines) is 1. The van der Waals surface area contributed by atoms with Gasteiger partial charge >= 0.3 is 0 Å². The fraction of sp³-hybridized carbons (Fsp3) is 0.474. The van der Waals surface area contributed by atoms with Gasteiger partial charge in [-0.25, -0.2) is 4.98 Å². The minimum Gasteiger partial charge on any atom is -0.484 e. The third-order valence-corrected chi connectivity index (χ3v) is 5.13. The molecule has 24 heavy (non-hydrogen) atoms. The second-order valence-corrected chi connectivity index (χ2v) is 7.87. The normalized spacial score (nSPS) is 20.9. The zero-order valence-electron chi connectivity index (χ0n) is 14.5. The van der Waals surface area contributed by atoms with Crippen LogP contribution in [0.2, 0.25) is 0 Å². The Morgan fingerprint density at radius 2 is 1.92 bits per heavy atom. The number of carbonyl (C=O) groups excluding carboxylic acids is 1. The van der Waals surface area contributed by atoms with E-state index >= 15 is 0 Å². The third kappa shape index (κ3) is 4.15. The summed E-state index contributed by atoms with van der Waals surface area (Å²) < 4.78 is 5.68. The summed E-state index contributed by atoms with van der Waals surface area (Å²) in [6.45, 7) is 8.20. The molecule has 1 aliphatic rings. The minimum absolute atomic E-state index is 0.0765. The Kier molecular flexibility index (Phi) is 5.19. The zero-order chi connectivity index (χ0) is 17.1. The maximum atomic E-state index is 12.3. The number of thiazole rings is 1. The van der Waals surface area contributed by atoms with Crippen molar-refractivity contribution in [1.29, 1.82) is 0 Å². The number of piperidine rings is 1. The van der Waals surface area contributed by atoms with Crippen LogP contribution in [-0.2, 0) is 4.79 Å². The van der Waals surface area contributed by atoms with Crippen molar-refractivity contribution in [2.24, 2.45) is 11.8 Å². The molecule has 0 spiro atoms. The molecule has 3 rings (SSSR count). The monoisotopic (exact) mass is 344 g/mol. The van der Waals surface area contributed by atoms with Gasteiger partial charge in [-0.2, -0.15) is 0 Å². The summed E-state index contributed by atoms with van der Waals surface area (Å²) in [6, 6.07) is 7.77. The maximum absolute atomic E-state index is 12.3. The van der Waals surface area contributed by atoms with E-state index in [9.17, 15) is 4.79 Å². The van der Waals surface area contributed by atoms with Gasteiger partial charge < -0.3 is 9.64 Å². The smallest absolute Gasteiger partial charge is 0.260 e. The second-order valence-electron chi connectivity index (χ2n) is 6.81. The highest BCUT2D eigenvalue weighted by Crippen LogP contribution is 2.24. The first-order valence-electron chi connectivity index (χ1n) is 8.44. The van der Waals surface area contributed by atoms with Gasteiger partial charge in [-0.1, -0.05) is 13.8 Å². The summed E-state index contributed by atoms with van der Waals surface area (Å²) in [6.07, 6.45) is 1.20. The lowest BCUT2D eigenvalue weighted by atomic mass is 9.92. The quantitative estimate of drug-likeness (QED) is 0.842. The van der Waals surface area contributed by atoms with Crippen LogP contribution in [0.1, 0.15) is 25.3 Å². The Morgan fingerprint density at radius 1 is 1.25 bits per heavy atom. The third-order valence-electron chi connectivity index (χ3n) is 4.35. The predicted octanol–water partition coefficient (Wildman–Crippen LogP) is 4.00. The summed E-state index contributed by atoms with van der Waals surface area (Å²) in [5.41, 5.74) is 2.05. The average Bonchev–Trinajstić information content (AvgIpc) is 2.98. The van der Waals surface area contributed by atoms with E-state index in [0.29, 0.717) is 11.8 Å². The van der Waals surface area contributed by atoms with E-state index < -0.39 is 0 Å². The number of carbonyl (C=O) groups is 1. The van der Waals surface area contributed by atoms with Crippen molar-refractivity contribution in [2.45, 2.75) is 27.2 Å². The van der Waals surface area contributed by atoms with Crippen LogP contribution in [0.15, 0.2) is 29.6 Å². The summed E-state index contributed by atoms with van der Waals surface area (Å²) in [5.74, 6) is 1.93. The zero-order valence-corrected chi connectivity index (χ0v) is 15.3. The number of rotatable bonds is 4. The first-order valence-corrected chi connectivity index (χ1v) is 9.32. The standard InChI is InChI=1S/C19H24N2O2S/c1-13-8-14(2)10-21(9-13)19(22)11-23-17-6-4-16(5-7-17)18-12-24-15(3)20-18/h4-7,12-14H,8-11H2,1-3H3. The highest BCUT2D eigenvalue weighted by Gasteiger charge is 2.25. The fourth-order valence-electron chi connectivity index (χ4n) is 3.32.